The zero-order valence-corrected chi connectivity index (χ0v) is 57.4. The molecule has 10 atom stereocenters. The largest absolute Gasteiger partial charge is 0.508 e. The van der Waals surface area contributed by atoms with Crippen LogP contribution in [-0.4, -0.2) is 225 Å². The molecule has 0 saturated carbocycles. The van der Waals surface area contributed by atoms with Gasteiger partial charge >= 0.3 is 11.9 Å². The third-order valence-corrected chi connectivity index (χ3v) is 18.1. The van der Waals surface area contributed by atoms with Crippen molar-refractivity contribution in [3.05, 3.63) is 65.7 Å². The van der Waals surface area contributed by atoms with E-state index in [1.165, 1.54) is 24.3 Å². The highest BCUT2D eigenvalue weighted by molar-refractivity contribution is 8.03. The fourth-order valence-corrected chi connectivity index (χ4v) is 13.0. The van der Waals surface area contributed by atoms with E-state index >= 15 is 9.59 Å². The summed E-state index contributed by atoms with van der Waals surface area (Å²) in [5, 5.41) is 44.6. The Morgan fingerprint density at radius 3 is 1.86 bits per heavy atom. The fourth-order valence-electron chi connectivity index (χ4n) is 10.3. The zero-order valence-electron chi connectivity index (χ0n) is 55.8. The van der Waals surface area contributed by atoms with Crippen molar-refractivity contribution in [1.29, 1.82) is 0 Å². The van der Waals surface area contributed by atoms with E-state index in [1.54, 1.807) is 51.1 Å². The number of aromatic hydroxyl groups is 1. The van der Waals surface area contributed by atoms with Crippen LogP contribution in [0, 0.1) is 5.92 Å². The molecule has 2 aliphatic rings. The van der Waals surface area contributed by atoms with E-state index in [1.807, 2.05) is 0 Å². The Hall–Kier alpha value is -9.62. The molecule has 1 unspecified atom stereocenters. The summed E-state index contributed by atoms with van der Waals surface area (Å²) in [6.45, 7) is 2.36. The average molecular weight is 1440 g/mol. The Balaban J connectivity index is 1.97. The van der Waals surface area contributed by atoms with Gasteiger partial charge in [0, 0.05) is 48.3 Å². The van der Waals surface area contributed by atoms with Gasteiger partial charge in [-0.25, -0.2) is 0 Å². The maximum Gasteiger partial charge on any atom is 0.307 e. The smallest absolute Gasteiger partial charge is 0.307 e. The molecule has 0 spiro atoms. The van der Waals surface area contributed by atoms with Gasteiger partial charge in [0.05, 0.1) is 44.9 Å². The number of nitrogens with two attached hydrogens (primary N) is 5. The number of carboxylic acids is 1. The van der Waals surface area contributed by atoms with Gasteiger partial charge in [0.2, 0.25) is 82.7 Å². The molecule has 4 rings (SSSR count). The molecule has 2 aliphatic heterocycles. The van der Waals surface area contributed by atoms with Gasteiger partial charge in [0.15, 0.2) is 0 Å². The van der Waals surface area contributed by atoms with Crippen molar-refractivity contribution in [3.63, 3.8) is 0 Å². The van der Waals surface area contributed by atoms with Gasteiger partial charge in [-0.05, 0) is 95.5 Å². The van der Waals surface area contributed by atoms with E-state index in [4.69, 9.17) is 33.4 Å². The molecule has 35 nitrogen and oxygen atoms in total. The van der Waals surface area contributed by atoms with Gasteiger partial charge in [-0.2, -0.15) is 23.5 Å². The van der Waals surface area contributed by atoms with Crippen LogP contribution in [0.5, 0.6) is 5.75 Å². The summed E-state index contributed by atoms with van der Waals surface area (Å²) in [6, 6.07) is 0.409. The Morgan fingerprint density at radius 1 is 0.670 bits per heavy atom. The normalized spacial score (nSPS) is 21.2. The summed E-state index contributed by atoms with van der Waals surface area (Å²) in [5.41, 5.74) is 27.2. The number of likely N-dealkylation sites (tertiary alicyclic amines) is 1. The minimum Gasteiger partial charge on any atom is -0.508 e. The number of nitrogens with zero attached hydrogens (tertiary/aromatic N) is 1. The van der Waals surface area contributed by atoms with E-state index in [0.29, 0.717) is 24.0 Å². The molecule has 37 heteroatoms. The van der Waals surface area contributed by atoms with Crippen molar-refractivity contribution in [2.24, 2.45) is 34.6 Å². The number of aliphatic carboxylic acids is 1. The number of hydrogen-bond acceptors (Lipinski definition) is 22. The topological polar surface area (TPSA) is 576 Å². The molecule has 0 aliphatic carbocycles. The molecule has 550 valence electrons. The molecule has 0 bridgehead atoms. The third kappa shape index (κ3) is 30.2. The zero-order chi connectivity index (χ0) is 74.2. The number of unbranched alkanes of at least 4 members (excludes halogenated alkanes) is 1. The maximum atomic E-state index is 15.2. The number of hydrogen-bond donors (Lipinski definition) is 17. The van der Waals surface area contributed by atoms with Crippen LogP contribution in [0.2, 0.25) is 0 Å². The van der Waals surface area contributed by atoms with Crippen LogP contribution in [0.4, 0.5) is 0 Å². The summed E-state index contributed by atoms with van der Waals surface area (Å²) in [6.07, 6.45) is -2.81. The second kappa shape index (κ2) is 41.7. The molecule has 2 fully saturated rings. The van der Waals surface area contributed by atoms with E-state index in [9.17, 15) is 77.3 Å². The van der Waals surface area contributed by atoms with E-state index in [-0.39, 0.29) is 56.7 Å². The van der Waals surface area contributed by atoms with Gasteiger partial charge in [-0.1, -0.05) is 42.5 Å². The summed E-state index contributed by atoms with van der Waals surface area (Å²) in [4.78, 5) is 220. The Bertz CT molecular complexity index is 3240. The first-order valence-electron chi connectivity index (χ1n) is 32.2. The van der Waals surface area contributed by atoms with Gasteiger partial charge in [-0.15, -0.1) is 0 Å². The number of phenolic OH excluding ortho intramolecular Hbond substituents is 1. The van der Waals surface area contributed by atoms with Gasteiger partial charge in [0.1, 0.15) is 59.7 Å². The lowest BCUT2D eigenvalue weighted by Crippen LogP contribution is -2.61. The van der Waals surface area contributed by atoms with Crippen molar-refractivity contribution in [2.75, 3.05) is 56.5 Å². The molecule has 0 aromatic heterocycles. The molecule has 14 amide bonds. The quantitative estimate of drug-likeness (QED) is 0.0256. The van der Waals surface area contributed by atoms with Crippen molar-refractivity contribution in [1.82, 2.24) is 58.1 Å². The average Bonchev–Trinajstić information content (AvgIpc) is 1.60. The molecule has 2 heterocycles. The standard InChI is InChI=1S/C63H92N16O19S2/c1-63(2,3)98-53(87)25-36(62(96)97)24-38-31-99-32-45(61(95)79-21-9-13-46(79)60(94)74-39(12-7-8-20-64)54(88)71-28-49(68)83)78-58(92)43(26-48(67)82)77-55(89)40(18-19-47(66)81)73-56(90)41(22-34-10-5-4-6-11-34)75-57(91)42(23-35-14-16-37(80)17-15-35)76-59(93)44(33-100-38)72-52(86)30-70-51(85)29-69-50(84)27-65/h4-6,10-11,14-17,36,38-46,80H,7-9,12-13,18-33,64-65H2,1-3H3,(H2,66,81)(H2,67,82)(H2,68,83)(H,69,84)(H,70,85)(H,71,88)(H,72,86)(H,73,90)(H,74,94)(H,75,91)(H,76,93)(H,77,89)(H,78,92)(H,96,97)/t36-,38?,39+,40+,41+,42+,43+,44+,45+,46+/m1/s1. The number of thioether (sulfide) groups is 2. The fraction of sp³-hybridized carbons (Fsp3) is 0.556. The van der Waals surface area contributed by atoms with Gasteiger partial charge in [-0.3, -0.25) is 76.7 Å². The third-order valence-electron chi connectivity index (χ3n) is 15.3. The maximum absolute atomic E-state index is 15.2. The number of phenols is 1. The van der Waals surface area contributed by atoms with E-state index < -0.39 is 230 Å². The molecule has 2 saturated heterocycles. The Kier molecular flexibility index (Phi) is 34.5. The first-order chi connectivity index (χ1) is 47.2. The van der Waals surface area contributed by atoms with Crippen LogP contribution in [0.25, 0.3) is 0 Å². The van der Waals surface area contributed by atoms with Crippen molar-refractivity contribution in [2.45, 2.75) is 157 Å². The number of primary amides is 3. The number of carbonyl (C=O) groups is 16. The van der Waals surface area contributed by atoms with Crippen LogP contribution in [-0.2, 0) is 94.3 Å². The predicted molar refractivity (Wildman–Crippen MR) is 362 cm³/mol. The number of carboxylic acid groups (broad SMARTS) is 1. The lowest BCUT2D eigenvalue weighted by Gasteiger charge is -2.31. The molecule has 2 aromatic rings. The highest BCUT2D eigenvalue weighted by Gasteiger charge is 2.41. The molecule has 22 N–H and O–H groups in total. The molecular formula is C63H92N16O19S2. The van der Waals surface area contributed by atoms with Crippen LogP contribution in [0.1, 0.15) is 96.1 Å². The first-order valence-corrected chi connectivity index (χ1v) is 34.4. The monoisotopic (exact) mass is 1440 g/mol. The first kappa shape index (κ1) is 82.8. The number of amides is 14. The highest BCUT2D eigenvalue weighted by atomic mass is 32.2. The minimum absolute atomic E-state index is 0.0214. The molecule has 100 heavy (non-hydrogen) atoms. The van der Waals surface area contributed by atoms with Crippen molar-refractivity contribution < 1.29 is 91.7 Å². The van der Waals surface area contributed by atoms with E-state index in [0.717, 1.165) is 28.4 Å². The second-order valence-electron chi connectivity index (χ2n) is 24.7. The van der Waals surface area contributed by atoms with E-state index in [2.05, 4.69) is 53.2 Å². The van der Waals surface area contributed by atoms with Crippen LogP contribution >= 0.6 is 23.5 Å². The Morgan fingerprint density at radius 2 is 1.26 bits per heavy atom. The van der Waals surface area contributed by atoms with Crippen molar-refractivity contribution in [3.8, 4) is 5.75 Å². The molecule has 2 aromatic carbocycles. The van der Waals surface area contributed by atoms with Crippen LogP contribution in [0.3, 0.4) is 0 Å². The SMILES string of the molecule is CC(C)(C)OC(=O)C[C@@H](CC1CSC[C@@H](C(=O)N2CCC[C@H]2C(=O)N[C@@H](CCCCN)C(=O)NCC(N)=O)NC(=O)[C@H](CC(N)=O)NC(=O)[C@H](CCC(N)=O)NC(=O)[C@H](Cc2ccccc2)NC(=O)[C@H](Cc2ccc(O)cc2)NC(=O)[C@@H](NC(=O)CNC(=O)CNC(=O)CN)CS1)C(=O)O. The molecule has 0 radical (unpaired) electrons. The summed E-state index contributed by atoms with van der Waals surface area (Å²) in [5.74, 6) is -19.0. The lowest BCUT2D eigenvalue weighted by molar-refractivity contribution is -0.160. The summed E-state index contributed by atoms with van der Waals surface area (Å²) >= 11 is 1.76. The second-order valence-corrected chi connectivity index (χ2v) is 27.1. The number of carbonyl (C=O) groups excluding carboxylic acids is 15. The van der Waals surface area contributed by atoms with Crippen LogP contribution < -0.4 is 81.8 Å². The number of nitrogens with one attached hydrogen (secondary N) is 10. The number of rotatable bonds is 30. The van der Waals surface area contributed by atoms with Crippen molar-refractivity contribution >= 4 is 118 Å². The predicted octanol–water partition coefficient (Wildman–Crippen LogP) is -5.70. The van der Waals surface area contributed by atoms with Crippen LogP contribution in [0.15, 0.2) is 54.6 Å². The minimum atomic E-state index is -1.96. The summed E-state index contributed by atoms with van der Waals surface area (Å²) in [7, 11) is 0. The number of esters is 1. The number of benzene rings is 2. The lowest BCUT2D eigenvalue weighted by atomic mass is 9.99. The van der Waals surface area contributed by atoms with Gasteiger partial charge in [0.25, 0.3) is 0 Å². The number of ether oxygens (including phenoxy) is 1. The Labute approximate surface area is 585 Å². The molecular weight excluding hydrogens is 1350 g/mol. The van der Waals surface area contributed by atoms with Gasteiger partial charge < -0.3 is 102 Å². The summed E-state index contributed by atoms with van der Waals surface area (Å²) < 4.78 is 5.48. The highest BCUT2D eigenvalue weighted by Crippen LogP contribution is 2.29.